The second-order valence-corrected chi connectivity index (χ2v) is 2.62. The lowest BCUT2D eigenvalue weighted by Gasteiger charge is -2.13. The van der Waals surface area contributed by atoms with Crippen molar-refractivity contribution < 1.29 is 4.74 Å². The Morgan fingerprint density at radius 2 is 2.00 bits per heavy atom. The molecule has 1 heterocycles. The largest absolute Gasteiger partial charge is 0.365 e. The summed E-state index contributed by atoms with van der Waals surface area (Å²) in [5, 5.41) is 0. The third-order valence-corrected chi connectivity index (χ3v) is 1.87. The fraction of sp³-hybridized carbons (Fsp3) is 1.00. The summed E-state index contributed by atoms with van der Waals surface area (Å²) < 4.78 is 5.03. The maximum atomic E-state index is 5.17. The van der Waals surface area contributed by atoms with E-state index < -0.39 is 0 Å². The lowest BCUT2D eigenvalue weighted by atomic mass is 10.4. The van der Waals surface area contributed by atoms with Crippen LogP contribution in [0.2, 0.25) is 0 Å². The summed E-state index contributed by atoms with van der Waals surface area (Å²) in [5.74, 6) is 0. The zero-order chi connectivity index (χ0) is 7.23. The summed E-state index contributed by atoms with van der Waals surface area (Å²) in [5.41, 5.74) is 5.17. The standard InChI is InChI=1S/C7H16N2O/c8-7-10-6-5-9-3-1-2-4-9/h1-8H2. The third-order valence-electron chi connectivity index (χ3n) is 1.87. The van der Waals surface area contributed by atoms with Gasteiger partial charge in [0.15, 0.2) is 0 Å². The quantitative estimate of drug-likeness (QED) is 0.446. The van der Waals surface area contributed by atoms with Crippen LogP contribution in [-0.4, -0.2) is 37.9 Å². The first-order valence-electron chi connectivity index (χ1n) is 3.93. The number of hydrogen-bond acceptors (Lipinski definition) is 3. The molecule has 0 atom stereocenters. The van der Waals surface area contributed by atoms with Crippen LogP contribution in [0.5, 0.6) is 0 Å². The van der Waals surface area contributed by atoms with Crippen molar-refractivity contribution in [3.05, 3.63) is 0 Å². The number of rotatable bonds is 4. The smallest absolute Gasteiger partial charge is 0.0940 e. The van der Waals surface area contributed by atoms with Crippen LogP contribution in [0.4, 0.5) is 0 Å². The molecule has 0 unspecified atom stereocenters. The molecule has 1 aliphatic heterocycles. The van der Waals surface area contributed by atoms with Crippen molar-refractivity contribution in [3.63, 3.8) is 0 Å². The zero-order valence-corrected chi connectivity index (χ0v) is 6.38. The molecule has 0 aromatic carbocycles. The van der Waals surface area contributed by atoms with Crippen molar-refractivity contribution in [2.45, 2.75) is 12.8 Å². The molecule has 3 nitrogen and oxygen atoms in total. The number of nitrogens with zero attached hydrogens (tertiary/aromatic N) is 1. The minimum Gasteiger partial charge on any atom is -0.365 e. The van der Waals surface area contributed by atoms with Gasteiger partial charge in [0.1, 0.15) is 0 Å². The van der Waals surface area contributed by atoms with Gasteiger partial charge >= 0.3 is 0 Å². The molecule has 0 aliphatic carbocycles. The number of ether oxygens (including phenoxy) is 1. The fourth-order valence-corrected chi connectivity index (χ4v) is 1.28. The van der Waals surface area contributed by atoms with E-state index in [1.54, 1.807) is 0 Å². The SMILES string of the molecule is NCOCCN1CCCC1. The minimum absolute atomic E-state index is 0.355. The Hall–Kier alpha value is -0.120. The molecule has 1 rings (SSSR count). The lowest BCUT2D eigenvalue weighted by molar-refractivity contribution is 0.116. The van der Waals surface area contributed by atoms with Gasteiger partial charge in [0.05, 0.1) is 13.3 Å². The second kappa shape index (κ2) is 4.66. The molecular formula is C7H16N2O. The van der Waals surface area contributed by atoms with Crippen LogP contribution >= 0.6 is 0 Å². The van der Waals surface area contributed by atoms with E-state index in [1.165, 1.54) is 25.9 Å². The monoisotopic (exact) mass is 144 g/mol. The molecule has 0 radical (unpaired) electrons. The van der Waals surface area contributed by atoms with Gasteiger partial charge in [0.25, 0.3) is 0 Å². The van der Waals surface area contributed by atoms with Crippen LogP contribution in [0.1, 0.15) is 12.8 Å². The maximum absolute atomic E-state index is 5.17. The predicted molar refractivity (Wildman–Crippen MR) is 40.7 cm³/mol. The van der Waals surface area contributed by atoms with Gasteiger partial charge in [0, 0.05) is 6.54 Å². The Labute approximate surface area is 62.1 Å². The zero-order valence-electron chi connectivity index (χ0n) is 6.38. The number of hydrogen-bond donors (Lipinski definition) is 1. The normalized spacial score (nSPS) is 20.1. The molecule has 10 heavy (non-hydrogen) atoms. The van der Waals surface area contributed by atoms with E-state index >= 15 is 0 Å². The van der Waals surface area contributed by atoms with Crippen LogP contribution in [0.25, 0.3) is 0 Å². The predicted octanol–water partition coefficient (Wildman–Crippen LogP) is 0.0150. The molecule has 3 heteroatoms. The molecule has 2 N–H and O–H groups in total. The summed E-state index contributed by atoms with van der Waals surface area (Å²) in [6.07, 6.45) is 2.70. The van der Waals surface area contributed by atoms with Gasteiger partial charge in [-0.3, -0.25) is 0 Å². The van der Waals surface area contributed by atoms with Gasteiger partial charge in [-0.2, -0.15) is 0 Å². The molecule has 0 amide bonds. The van der Waals surface area contributed by atoms with E-state index in [1.807, 2.05) is 0 Å². The second-order valence-electron chi connectivity index (χ2n) is 2.62. The van der Waals surface area contributed by atoms with Crippen LogP contribution in [0.3, 0.4) is 0 Å². The molecule has 1 saturated heterocycles. The highest BCUT2D eigenvalue weighted by Gasteiger charge is 2.09. The van der Waals surface area contributed by atoms with Crippen molar-refractivity contribution >= 4 is 0 Å². The minimum atomic E-state index is 0.355. The van der Waals surface area contributed by atoms with Crippen LogP contribution in [0, 0.1) is 0 Å². The average Bonchev–Trinajstić information content (AvgIpc) is 2.41. The van der Waals surface area contributed by atoms with E-state index in [-0.39, 0.29) is 0 Å². The Kier molecular flexibility index (Phi) is 3.72. The fourth-order valence-electron chi connectivity index (χ4n) is 1.28. The summed E-state index contributed by atoms with van der Waals surface area (Å²) in [6, 6.07) is 0. The Bertz CT molecular complexity index is 81.7. The van der Waals surface area contributed by atoms with Gasteiger partial charge in [-0.15, -0.1) is 0 Å². The molecule has 1 fully saturated rings. The molecule has 0 saturated carbocycles. The Balaban J connectivity index is 1.91. The first-order valence-corrected chi connectivity index (χ1v) is 3.93. The van der Waals surface area contributed by atoms with Crippen LogP contribution in [0.15, 0.2) is 0 Å². The molecule has 0 spiro atoms. The van der Waals surface area contributed by atoms with Gasteiger partial charge in [-0.05, 0) is 25.9 Å². The highest BCUT2D eigenvalue weighted by molar-refractivity contribution is 4.64. The molecule has 60 valence electrons. The first-order chi connectivity index (χ1) is 4.93. The number of nitrogens with two attached hydrogens (primary N) is 1. The topological polar surface area (TPSA) is 38.5 Å². The van der Waals surface area contributed by atoms with E-state index in [2.05, 4.69) is 4.90 Å². The van der Waals surface area contributed by atoms with E-state index in [0.717, 1.165) is 13.2 Å². The highest BCUT2D eigenvalue weighted by Crippen LogP contribution is 2.05. The van der Waals surface area contributed by atoms with Gasteiger partial charge in [-0.25, -0.2) is 0 Å². The summed E-state index contributed by atoms with van der Waals surface area (Å²) in [6.45, 7) is 4.68. The third kappa shape index (κ3) is 2.64. The van der Waals surface area contributed by atoms with Crippen molar-refractivity contribution in [2.75, 3.05) is 33.0 Å². The van der Waals surface area contributed by atoms with Crippen molar-refractivity contribution in [3.8, 4) is 0 Å². The molecule has 0 bridgehead atoms. The molecule has 0 aromatic rings. The Morgan fingerprint density at radius 3 is 2.60 bits per heavy atom. The van der Waals surface area contributed by atoms with Crippen LogP contribution < -0.4 is 5.73 Å². The average molecular weight is 144 g/mol. The lowest BCUT2D eigenvalue weighted by Crippen LogP contribution is -2.24. The van der Waals surface area contributed by atoms with Gasteiger partial charge < -0.3 is 15.4 Å². The van der Waals surface area contributed by atoms with E-state index in [9.17, 15) is 0 Å². The van der Waals surface area contributed by atoms with E-state index in [0.29, 0.717) is 6.73 Å². The maximum Gasteiger partial charge on any atom is 0.0940 e. The van der Waals surface area contributed by atoms with E-state index in [4.69, 9.17) is 10.5 Å². The van der Waals surface area contributed by atoms with Crippen LogP contribution in [-0.2, 0) is 4.74 Å². The molecule has 1 aliphatic rings. The highest BCUT2D eigenvalue weighted by atomic mass is 16.5. The summed E-state index contributed by atoms with van der Waals surface area (Å²) in [7, 11) is 0. The molecular weight excluding hydrogens is 128 g/mol. The van der Waals surface area contributed by atoms with Crippen molar-refractivity contribution in [2.24, 2.45) is 5.73 Å². The Morgan fingerprint density at radius 1 is 1.30 bits per heavy atom. The summed E-state index contributed by atoms with van der Waals surface area (Å²) in [4.78, 5) is 2.41. The first kappa shape index (κ1) is 7.98. The van der Waals surface area contributed by atoms with Gasteiger partial charge in [0.2, 0.25) is 0 Å². The van der Waals surface area contributed by atoms with Crippen molar-refractivity contribution in [1.29, 1.82) is 0 Å². The summed E-state index contributed by atoms with van der Waals surface area (Å²) >= 11 is 0. The van der Waals surface area contributed by atoms with Gasteiger partial charge in [-0.1, -0.05) is 0 Å². The molecule has 0 aromatic heterocycles. The van der Waals surface area contributed by atoms with Crippen molar-refractivity contribution in [1.82, 2.24) is 4.90 Å². The number of likely N-dealkylation sites (tertiary alicyclic amines) is 1.